The molecule has 0 atom stereocenters. The highest BCUT2D eigenvalue weighted by atomic mass is 19.1. The van der Waals surface area contributed by atoms with Crippen LogP contribution in [-0.4, -0.2) is 16.1 Å². The van der Waals surface area contributed by atoms with Gasteiger partial charge >= 0.3 is 0 Å². The molecule has 0 aromatic carbocycles. The summed E-state index contributed by atoms with van der Waals surface area (Å²) in [7, 11) is 0. The molecule has 1 aliphatic rings. The number of hydrogen-bond donors (Lipinski definition) is 2. The second-order valence-electron chi connectivity index (χ2n) is 3.31. The van der Waals surface area contributed by atoms with E-state index in [4.69, 9.17) is 0 Å². The van der Waals surface area contributed by atoms with Gasteiger partial charge in [0.15, 0.2) is 0 Å². The number of carbonyl (C=O) groups excluding carboxylic acids is 1. The van der Waals surface area contributed by atoms with Crippen LogP contribution in [0.5, 0.6) is 0 Å². The lowest BCUT2D eigenvalue weighted by molar-refractivity contribution is -0.112. The van der Waals surface area contributed by atoms with Crippen LogP contribution >= 0.6 is 0 Å². The Kier molecular flexibility index (Phi) is 2.80. The van der Waals surface area contributed by atoms with E-state index >= 15 is 0 Å². The number of anilines is 1. The lowest BCUT2D eigenvalue weighted by atomic mass is 10.0. The zero-order valence-electron chi connectivity index (χ0n) is 8.26. The minimum atomic E-state index is -0.815. The number of aromatic amines is 1. The van der Waals surface area contributed by atoms with Crippen LogP contribution in [0.4, 0.5) is 14.5 Å². The average molecular weight is 225 g/mol. The van der Waals surface area contributed by atoms with Gasteiger partial charge in [-0.25, -0.2) is 8.78 Å². The number of allylic oxidation sites excluding steroid dienone is 2. The Morgan fingerprint density at radius 3 is 2.94 bits per heavy atom. The Bertz CT molecular complexity index is 462. The number of H-pyrrole nitrogens is 1. The van der Waals surface area contributed by atoms with Gasteiger partial charge in [-0.3, -0.25) is 9.89 Å². The summed E-state index contributed by atoms with van der Waals surface area (Å²) in [6.07, 6.45) is 4.30. The Morgan fingerprint density at radius 1 is 1.50 bits per heavy atom. The lowest BCUT2D eigenvalue weighted by Crippen LogP contribution is -2.17. The molecule has 0 spiro atoms. The van der Waals surface area contributed by atoms with Gasteiger partial charge in [-0.2, -0.15) is 5.10 Å². The van der Waals surface area contributed by atoms with Crippen molar-refractivity contribution in [1.82, 2.24) is 10.2 Å². The minimum absolute atomic E-state index is 0.0571. The van der Waals surface area contributed by atoms with E-state index in [0.717, 1.165) is 0 Å². The van der Waals surface area contributed by atoms with Gasteiger partial charge < -0.3 is 5.32 Å². The first kappa shape index (κ1) is 10.5. The maximum atomic E-state index is 13.3. The van der Waals surface area contributed by atoms with E-state index in [1.165, 1.54) is 18.5 Å². The number of nitrogens with one attached hydrogen (secondary N) is 2. The lowest BCUT2D eigenvalue weighted by Gasteiger charge is -2.11. The zero-order valence-corrected chi connectivity index (χ0v) is 8.26. The molecule has 1 aromatic rings. The highest BCUT2D eigenvalue weighted by Gasteiger charge is 2.23. The van der Waals surface area contributed by atoms with Crippen LogP contribution in [0, 0.1) is 0 Å². The molecule has 0 radical (unpaired) electrons. The molecule has 1 aliphatic carbocycles. The van der Waals surface area contributed by atoms with Crippen molar-refractivity contribution in [1.29, 1.82) is 0 Å². The standard InChI is InChI=1S/C10H9F2N3O/c11-7-2-1-3-8(12)9(7)10(16)15-6-4-13-14-5-6/h2,4-5H,1,3H2,(H,13,14)(H,15,16). The molecule has 1 amide bonds. The predicted octanol–water partition coefficient (Wildman–Crippen LogP) is 2.22. The molecule has 84 valence electrons. The molecule has 6 heteroatoms. The molecule has 0 bridgehead atoms. The number of nitrogens with zero attached hydrogens (tertiary/aromatic N) is 1. The third-order valence-electron chi connectivity index (χ3n) is 2.18. The van der Waals surface area contributed by atoms with Gasteiger partial charge in [0.05, 0.1) is 11.9 Å². The van der Waals surface area contributed by atoms with Crippen LogP contribution < -0.4 is 5.32 Å². The zero-order chi connectivity index (χ0) is 11.5. The summed E-state index contributed by atoms with van der Waals surface area (Å²) >= 11 is 0. The van der Waals surface area contributed by atoms with Gasteiger partial charge in [0.25, 0.3) is 5.91 Å². The predicted molar refractivity (Wildman–Crippen MR) is 53.8 cm³/mol. The minimum Gasteiger partial charge on any atom is -0.319 e. The summed E-state index contributed by atoms with van der Waals surface area (Å²) in [6, 6.07) is 0. The number of halogens is 2. The summed E-state index contributed by atoms with van der Waals surface area (Å²) < 4.78 is 26.5. The number of rotatable bonds is 2. The Balaban J connectivity index is 2.18. The smallest absolute Gasteiger partial charge is 0.261 e. The van der Waals surface area contributed by atoms with Crippen LogP contribution in [0.15, 0.2) is 35.7 Å². The summed E-state index contributed by atoms with van der Waals surface area (Å²) in [5.41, 5.74) is -0.156. The maximum Gasteiger partial charge on any atom is 0.261 e. The molecule has 0 aliphatic heterocycles. The average Bonchev–Trinajstić information content (AvgIpc) is 2.70. The SMILES string of the molecule is O=C(Nc1cn[nH]c1)C1=C(F)CCC=C1F. The Morgan fingerprint density at radius 2 is 2.31 bits per heavy atom. The number of carbonyl (C=O) groups is 1. The molecule has 2 rings (SSSR count). The molecule has 0 saturated carbocycles. The summed E-state index contributed by atoms with van der Waals surface area (Å²) in [4.78, 5) is 11.6. The molecular formula is C10H9F2N3O. The van der Waals surface area contributed by atoms with Crippen molar-refractivity contribution in [3.05, 3.63) is 35.7 Å². The summed E-state index contributed by atoms with van der Waals surface area (Å²) in [6.45, 7) is 0. The fraction of sp³-hybridized carbons (Fsp3) is 0.200. The highest BCUT2D eigenvalue weighted by molar-refractivity contribution is 6.06. The second kappa shape index (κ2) is 4.26. The molecule has 16 heavy (non-hydrogen) atoms. The molecule has 4 nitrogen and oxygen atoms in total. The Hall–Kier alpha value is -1.98. The maximum absolute atomic E-state index is 13.3. The van der Waals surface area contributed by atoms with E-state index in [9.17, 15) is 13.6 Å². The van der Waals surface area contributed by atoms with E-state index < -0.39 is 23.1 Å². The third-order valence-corrected chi connectivity index (χ3v) is 2.18. The second-order valence-corrected chi connectivity index (χ2v) is 3.31. The fourth-order valence-electron chi connectivity index (χ4n) is 1.43. The number of aromatic nitrogens is 2. The van der Waals surface area contributed by atoms with Gasteiger partial charge in [0, 0.05) is 12.6 Å². The monoisotopic (exact) mass is 225 g/mol. The van der Waals surface area contributed by atoms with Crippen molar-refractivity contribution in [3.63, 3.8) is 0 Å². The van der Waals surface area contributed by atoms with Crippen LogP contribution in [-0.2, 0) is 4.79 Å². The van der Waals surface area contributed by atoms with Gasteiger partial charge in [0.2, 0.25) is 0 Å². The van der Waals surface area contributed by atoms with Gasteiger partial charge in [-0.05, 0) is 12.5 Å². The van der Waals surface area contributed by atoms with Gasteiger partial charge in [-0.1, -0.05) is 0 Å². The largest absolute Gasteiger partial charge is 0.319 e. The molecule has 0 fully saturated rings. The van der Waals surface area contributed by atoms with E-state index in [-0.39, 0.29) is 12.8 Å². The molecule has 1 heterocycles. The molecular weight excluding hydrogens is 216 g/mol. The molecule has 2 N–H and O–H groups in total. The van der Waals surface area contributed by atoms with Crippen LogP contribution in [0.1, 0.15) is 12.8 Å². The van der Waals surface area contributed by atoms with Crippen LogP contribution in [0.3, 0.4) is 0 Å². The van der Waals surface area contributed by atoms with E-state index in [2.05, 4.69) is 15.5 Å². The van der Waals surface area contributed by atoms with Crippen molar-refractivity contribution >= 4 is 11.6 Å². The first-order valence-electron chi connectivity index (χ1n) is 4.73. The summed E-state index contributed by atoms with van der Waals surface area (Å²) in [5, 5.41) is 8.42. The van der Waals surface area contributed by atoms with E-state index in [1.807, 2.05) is 0 Å². The van der Waals surface area contributed by atoms with Crippen LogP contribution in [0.2, 0.25) is 0 Å². The topological polar surface area (TPSA) is 57.8 Å². The van der Waals surface area contributed by atoms with Crippen molar-refractivity contribution in [2.45, 2.75) is 12.8 Å². The molecule has 0 saturated heterocycles. The highest BCUT2D eigenvalue weighted by Crippen LogP contribution is 2.27. The molecule has 1 aromatic heterocycles. The van der Waals surface area contributed by atoms with Crippen molar-refractivity contribution < 1.29 is 13.6 Å². The van der Waals surface area contributed by atoms with Crippen molar-refractivity contribution in [2.75, 3.05) is 5.32 Å². The van der Waals surface area contributed by atoms with Crippen molar-refractivity contribution in [2.24, 2.45) is 0 Å². The van der Waals surface area contributed by atoms with E-state index in [1.54, 1.807) is 0 Å². The van der Waals surface area contributed by atoms with Gasteiger partial charge in [-0.15, -0.1) is 0 Å². The number of amides is 1. The molecule has 0 unspecified atom stereocenters. The normalized spacial score (nSPS) is 16.0. The first-order valence-corrected chi connectivity index (χ1v) is 4.73. The summed E-state index contributed by atoms with van der Waals surface area (Å²) in [5.74, 6) is -2.34. The van der Waals surface area contributed by atoms with Crippen LogP contribution in [0.25, 0.3) is 0 Å². The van der Waals surface area contributed by atoms with E-state index in [0.29, 0.717) is 5.69 Å². The van der Waals surface area contributed by atoms with Crippen molar-refractivity contribution in [3.8, 4) is 0 Å². The van der Waals surface area contributed by atoms with Gasteiger partial charge in [0.1, 0.15) is 17.2 Å². The quantitative estimate of drug-likeness (QED) is 0.810. The Labute approximate surface area is 90.0 Å². The first-order chi connectivity index (χ1) is 7.68. The fourth-order valence-corrected chi connectivity index (χ4v) is 1.43. The third kappa shape index (κ3) is 2.00. The number of hydrogen-bond acceptors (Lipinski definition) is 2.